The smallest absolute Gasteiger partial charge is 0.387 e. The average molecular weight is 408 g/mol. The highest BCUT2D eigenvalue weighted by molar-refractivity contribution is 7.11. The number of carbonyl (C=O) groups excluding carboxylic acids is 1. The Morgan fingerprint density at radius 3 is 2.64 bits per heavy atom. The van der Waals surface area contributed by atoms with E-state index in [1.807, 2.05) is 17.5 Å². The highest BCUT2D eigenvalue weighted by Gasteiger charge is 2.15. The minimum Gasteiger partial charge on any atom is -0.435 e. The zero-order valence-corrected chi connectivity index (χ0v) is 16.1. The number of hydrogen-bond acceptors (Lipinski definition) is 5. The Morgan fingerprint density at radius 2 is 2.00 bits per heavy atom. The number of amides is 1. The van der Waals surface area contributed by atoms with Gasteiger partial charge in [0.15, 0.2) is 0 Å². The fourth-order valence-electron chi connectivity index (χ4n) is 2.84. The van der Waals surface area contributed by atoms with Crippen LogP contribution in [0, 0.1) is 0 Å². The normalized spacial score (nSPS) is 15.6. The van der Waals surface area contributed by atoms with Gasteiger partial charge in [-0.25, -0.2) is 0 Å². The first kappa shape index (κ1) is 20.4. The second kappa shape index (κ2) is 10.3. The number of morpholine rings is 1. The Kier molecular flexibility index (Phi) is 7.53. The molecule has 28 heavy (non-hydrogen) atoms. The van der Waals surface area contributed by atoms with E-state index < -0.39 is 6.61 Å². The molecule has 0 aliphatic carbocycles. The molecule has 1 amide bonds. The SMILES string of the molecule is O=C(NCCN1CCOCC1)C(=Cc1ccc(OC(F)F)cc1)c1cccs1. The van der Waals surface area contributed by atoms with E-state index >= 15 is 0 Å². The van der Waals surface area contributed by atoms with Crippen molar-refractivity contribution in [2.24, 2.45) is 0 Å². The molecule has 8 heteroatoms. The molecule has 1 aromatic heterocycles. The molecule has 2 heterocycles. The molecule has 0 atom stereocenters. The van der Waals surface area contributed by atoms with Gasteiger partial charge < -0.3 is 14.8 Å². The van der Waals surface area contributed by atoms with Crippen LogP contribution in [-0.2, 0) is 9.53 Å². The van der Waals surface area contributed by atoms with Crippen LogP contribution in [0.15, 0.2) is 41.8 Å². The molecule has 0 spiro atoms. The molecule has 0 saturated carbocycles. The van der Waals surface area contributed by atoms with Gasteiger partial charge >= 0.3 is 6.61 Å². The fraction of sp³-hybridized carbons (Fsp3) is 0.350. The van der Waals surface area contributed by atoms with Crippen molar-refractivity contribution < 1.29 is 23.0 Å². The molecule has 5 nitrogen and oxygen atoms in total. The summed E-state index contributed by atoms with van der Waals surface area (Å²) in [7, 11) is 0. The number of alkyl halides is 2. The van der Waals surface area contributed by atoms with Gasteiger partial charge in [-0.05, 0) is 35.2 Å². The lowest BCUT2D eigenvalue weighted by Gasteiger charge is -2.26. The van der Waals surface area contributed by atoms with Crippen LogP contribution in [0.3, 0.4) is 0 Å². The lowest BCUT2D eigenvalue weighted by Crippen LogP contribution is -2.41. The molecule has 1 aromatic carbocycles. The molecule has 1 N–H and O–H groups in total. The number of hydrogen-bond donors (Lipinski definition) is 1. The van der Waals surface area contributed by atoms with E-state index in [1.54, 1.807) is 18.2 Å². The average Bonchev–Trinajstić information content (AvgIpc) is 3.22. The fourth-order valence-corrected chi connectivity index (χ4v) is 3.58. The lowest BCUT2D eigenvalue weighted by molar-refractivity contribution is -0.115. The molecule has 1 saturated heterocycles. The van der Waals surface area contributed by atoms with Gasteiger partial charge in [0.2, 0.25) is 0 Å². The number of nitrogens with one attached hydrogen (secondary N) is 1. The quantitative estimate of drug-likeness (QED) is 0.681. The number of rotatable bonds is 8. The monoisotopic (exact) mass is 408 g/mol. The summed E-state index contributed by atoms with van der Waals surface area (Å²) in [6.45, 7) is 1.64. The van der Waals surface area contributed by atoms with Crippen molar-refractivity contribution in [2.75, 3.05) is 39.4 Å². The minimum atomic E-state index is -2.86. The van der Waals surface area contributed by atoms with Crippen molar-refractivity contribution >= 4 is 28.9 Å². The Bertz CT molecular complexity index is 773. The maximum atomic E-state index is 12.8. The Labute approximate surface area is 166 Å². The summed E-state index contributed by atoms with van der Waals surface area (Å²) in [5.74, 6) is -0.0802. The van der Waals surface area contributed by atoms with Gasteiger partial charge in [0.25, 0.3) is 5.91 Å². The molecule has 0 radical (unpaired) electrons. The third-order valence-corrected chi connectivity index (χ3v) is 5.17. The number of benzene rings is 1. The van der Waals surface area contributed by atoms with Crippen LogP contribution in [0.1, 0.15) is 10.4 Å². The molecular formula is C20H22F2N2O3S. The largest absolute Gasteiger partial charge is 0.435 e. The Balaban J connectivity index is 1.66. The molecular weight excluding hydrogens is 386 g/mol. The maximum Gasteiger partial charge on any atom is 0.387 e. The summed E-state index contributed by atoms with van der Waals surface area (Å²) >= 11 is 1.47. The Hall–Kier alpha value is -2.29. The van der Waals surface area contributed by atoms with E-state index in [-0.39, 0.29) is 11.7 Å². The van der Waals surface area contributed by atoms with Gasteiger partial charge in [0, 0.05) is 31.1 Å². The topological polar surface area (TPSA) is 50.8 Å². The van der Waals surface area contributed by atoms with Crippen molar-refractivity contribution in [3.8, 4) is 5.75 Å². The minimum absolute atomic E-state index is 0.0831. The standard InChI is InChI=1S/C20H22F2N2O3S/c21-20(22)27-16-5-3-15(4-6-16)14-17(18-2-1-13-28-18)19(25)23-7-8-24-9-11-26-12-10-24/h1-6,13-14,20H,7-12H2,(H,23,25). The van der Waals surface area contributed by atoms with Crippen molar-refractivity contribution in [1.82, 2.24) is 10.2 Å². The molecule has 1 aliphatic heterocycles. The predicted octanol–water partition coefficient (Wildman–Crippen LogP) is 3.34. The number of thiophene rings is 1. The summed E-state index contributed by atoms with van der Waals surface area (Å²) in [5.41, 5.74) is 1.27. The second-order valence-corrected chi connectivity index (χ2v) is 7.14. The van der Waals surface area contributed by atoms with E-state index in [2.05, 4.69) is 15.0 Å². The van der Waals surface area contributed by atoms with Gasteiger partial charge in [-0.3, -0.25) is 9.69 Å². The maximum absolute atomic E-state index is 12.8. The molecule has 0 unspecified atom stereocenters. The molecule has 0 bridgehead atoms. The summed E-state index contributed by atoms with van der Waals surface area (Å²) in [4.78, 5) is 15.9. The van der Waals surface area contributed by atoms with Crippen LogP contribution in [0.5, 0.6) is 5.75 Å². The third-order valence-electron chi connectivity index (χ3n) is 4.26. The second-order valence-electron chi connectivity index (χ2n) is 6.19. The number of halogens is 2. The summed E-state index contributed by atoms with van der Waals surface area (Å²) in [6, 6.07) is 9.97. The van der Waals surface area contributed by atoms with Crippen molar-refractivity contribution in [2.45, 2.75) is 6.61 Å². The van der Waals surface area contributed by atoms with Crippen molar-refractivity contribution in [3.63, 3.8) is 0 Å². The van der Waals surface area contributed by atoms with Crippen LogP contribution in [0.25, 0.3) is 11.6 Å². The van der Waals surface area contributed by atoms with Crippen LogP contribution >= 0.6 is 11.3 Å². The number of ether oxygens (including phenoxy) is 2. The van der Waals surface area contributed by atoms with Crippen LogP contribution < -0.4 is 10.1 Å². The van der Waals surface area contributed by atoms with E-state index in [0.717, 1.165) is 43.3 Å². The zero-order chi connectivity index (χ0) is 19.8. The first-order valence-corrected chi connectivity index (χ1v) is 9.88. The van der Waals surface area contributed by atoms with E-state index in [1.165, 1.54) is 23.5 Å². The van der Waals surface area contributed by atoms with Crippen molar-refractivity contribution in [1.29, 1.82) is 0 Å². The van der Waals surface area contributed by atoms with E-state index in [9.17, 15) is 13.6 Å². The summed E-state index contributed by atoms with van der Waals surface area (Å²) < 4.78 is 34.2. The predicted molar refractivity (Wildman–Crippen MR) is 106 cm³/mol. The molecule has 1 aliphatic rings. The van der Waals surface area contributed by atoms with Gasteiger partial charge in [-0.2, -0.15) is 8.78 Å². The lowest BCUT2D eigenvalue weighted by atomic mass is 10.1. The highest BCUT2D eigenvalue weighted by atomic mass is 32.1. The highest BCUT2D eigenvalue weighted by Crippen LogP contribution is 2.24. The molecule has 150 valence electrons. The molecule has 1 fully saturated rings. The van der Waals surface area contributed by atoms with Crippen LogP contribution in [-0.4, -0.2) is 56.8 Å². The van der Waals surface area contributed by atoms with Crippen LogP contribution in [0.4, 0.5) is 8.78 Å². The van der Waals surface area contributed by atoms with Gasteiger partial charge in [-0.1, -0.05) is 18.2 Å². The van der Waals surface area contributed by atoms with E-state index in [4.69, 9.17) is 4.74 Å². The Morgan fingerprint density at radius 1 is 1.25 bits per heavy atom. The van der Waals surface area contributed by atoms with Gasteiger partial charge in [0.1, 0.15) is 5.75 Å². The van der Waals surface area contributed by atoms with Crippen LogP contribution in [0.2, 0.25) is 0 Å². The first-order valence-electron chi connectivity index (χ1n) is 9.00. The first-order chi connectivity index (χ1) is 13.6. The van der Waals surface area contributed by atoms with E-state index in [0.29, 0.717) is 12.1 Å². The van der Waals surface area contributed by atoms with Gasteiger partial charge in [-0.15, -0.1) is 11.3 Å². The molecule has 3 rings (SSSR count). The van der Waals surface area contributed by atoms with Gasteiger partial charge in [0.05, 0.1) is 18.8 Å². The number of carbonyl (C=O) groups is 1. The summed E-state index contributed by atoms with van der Waals surface area (Å²) in [6.07, 6.45) is 1.75. The molecule has 2 aromatic rings. The zero-order valence-electron chi connectivity index (χ0n) is 15.3. The number of nitrogens with zero attached hydrogens (tertiary/aromatic N) is 1. The van der Waals surface area contributed by atoms with Crippen molar-refractivity contribution in [3.05, 3.63) is 52.2 Å². The summed E-state index contributed by atoms with van der Waals surface area (Å²) in [5, 5.41) is 4.88. The third kappa shape index (κ3) is 6.12.